The molecular weight excluding hydrogens is 274 g/mol. The average Bonchev–Trinajstić information content (AvgIpc) is 2.43. The Morgan fingerprint density at radius 1 is 1.28 bits per heavy atom. The minimum Gasteiger partial charge on any atom is -0.378 e. The summed E-state index contributed by atoms with van der Waals surface area (Å²) < 4.78 is 31.8. The van der Waals surface area contributed by atoms with E-state index in [4.69, 9.17) is 16.3 Å². The monoisotopic (exact) mass is 297 g/mol. The molecule has 18 heavy (non-hydrogen) atoms. The Morgan fingerprint density at radius 2 is 1.94 bits per heavy atom. The number of halogens is 1. The zero-order valence-corrected chi connectivity index (χ0v) is 12.8. The van der Waals surface area contributed by atoms with Gasteiger partial charge in [0.1, 0.15) is 0 Å². The van der Waals surface area contributed by atoms with Gasteiger partial charge < -0.3 is 4.74 Å². The van der Waals surface area contributed by atoms with Gasteiger partial charge in [-0.15, -0.1) is 11.6 Å². The van der Waals surface area contributed by atoms with Gasteiger partial charge in [-0.3, -0.25) is 0 Å². The van der Waals surface area contributed by atoms with Gasteiger partial charge in [0.2, 0.25) is 10.0 Å². The first kappa shape index (κ1) is 16.2. The number of hydrogen-bond donors (Lipinski definition) is 1. The Labute approximate surface area is 115 Å². The van der Waals surface area contributed by atoms with Crippen molar-refractivity contribution in [3.63, 3.8) is 0 Å². The van der Waals surface area contributed by atoms with E-state index >= 15 is 0 Å². The van der Waals surface area contributed by atoms with Gasteiger partial charge in [-0.2, -0.15) is 0 Å². The summed E-state index contributed by atoms with van der Waals surface area (Å²) in [5.41, 5.74) is 0. The Hall–Kier alpha value is 0.160. The SMILES string of the molecule is CC(C)OCCS(=O)(=O)NC1CCCCCC1Cl. The van der Waals surface area contributed by atoms with Crippen LogP contribution in [0.5, 0.6) is 0 Å². The lowest BCUT2D eigenvalue weighted by atomic mass is 10.1. The quantitative estimate of drug-likeness (QED) is 0.604. The number of nitrogens with one attached hydrogen (secondary N) is 1. The fraction of sp³-hybridized carbons (Fsp3) is 1.00. The van der Waals surface area contributed by atoms with E-state index in [1.807, 2.05) is 13.8 Å². The minimum absolute atomic E-state index is 0.00525. The number of sulfonamides is 1. The van der Waals surface area contributed by atoms with Gasteiger partial charge in [0.05, 0.1) is 18.5 Å². The number of hydrogen-bond acceptors (Lipinski definition) is 3. The summed E-state index contributed by atoms with van der Waals surface area (Å²) in [6.07, 6.45) is 5.04. The molecule has 0 aromatic rings. The Balaban J connectivity index is 2.42. The molecule has 1 aliphatic carbocycles. The summed E-state index contributed by atoms with van der Waals surface area (Å²) in [6, 6.07) is -0.127. The van der Waals surface area contributed by atoms with E-state index in [-0.39, 0.29) is 29.9 Å². The molecule has 1 N–H and O–H groups in total. The van der Waals surface area contributed by atoms with Crippen LogP contribution in [0.15, 0.2) is 0 Å². The zero-order valence-electron chi connectivity index (χ0n) is 11.2. The minimum atomic E-state index is -3.29. The maximum Gasteiger partial charge on any atom is 0.214 e. The number of rotatable bonds is 6. The van der Waals surface area contributed by atoms with E-state index in [2.05, 4.69) is 4.72 Å². The van der Waals surface area contributed by atoms with Crippen molar-refractivity contribution < 1.29 is 13.2 Å². The molecule has 108 valence electrons. The molecule has 4 nitrogen and oxygen atoms in total. The van der Waals surface area contributed by atoms with Gasteiger partial charge in [0.15, 0.2) is 0 Å². The molecule has 0 aromatic heterocycles. The molecule has 2 atom stereocenters. The van der Waals surface area contributed by atoms with E-state index in [9.17, 15) is 8.42 Å². The maximum atomic E-state index is 11.9. The van der Waals surface area contributed by atoms with Crippen LogP contribution in [0, 0.1) is 0 Å². The molecule has 1 saturated carbocycles. The van der Waals surface area contributed by atoms with Gasteiger partial charge in [0, 0.05) is 11.4 Å². The highest BCUT2D eigenvalue weighted by Gasteiger charge is 2.25. The third-order valence-electron chi connectivity index (χ3n) is 3.07. The Morgan fingerprint density at radius 3 is 2.61 bits per heavy atom. The van der Waals surface area contributed by atoms with Gasteiger partial charge in [-0.1, -0.05) is 19.3 Å². The van der Waals surface area contributed by atoms with Crippen LogP contribution < -0.4 is 4.72 Å². The smallest absolute Gasteiger partial charge is 0.214 e. The van der Waals surface area contributed by atoms with Crippen molar-refractivity contribution in [3.05, 3.63) is 0 Å². The molecular formula is C12H24ClNO3S. The lowest BCUT2D eigenvalue weighted by Gasteiger charge is -2.21. The van der Waals surface area contributed by atoms with E-state index in [0.29, 0.717) is 0 Å². The fourth-order valence-electron chi connectivity index (χ4n) is 2.08. The third kappa shape index (κ3) is 6.36. The zero-order chi connectivity index (χ0) is 13.6. The molecule has 2 unspecified atom stereocenters. The topological polar surface area (TPSA) is 55.4 Å². The van der Waals surface area contributed by atoms with Crippen molar-refractivity contribution in [2.75, 3.05) is 12.4 Å². The number of alkyl halides is 1. The molecule has 0 spiro atoms. The summed E-state index contributed by atoms with van der Waals surface area (Å²) in [6.45, 7) is 4.01. The van der Waals surface area contributed by atoms with Crippen molar-refractivity contribution >= 4 is 21.6 Å². The summed E-state index contributed by atoms with van der Waals surface area (Å²) >= 11 is 6.22. The van der Waals surface area contributed by atoms with Crippen LogP contribution in [0.2, 0.25) is 0 Å². The molecule has 1 fully saturated rings. The van der Waals surface area contributed by atoms with Crippen LogP contribution >= 0.6 is 11.6 Å². The lowest BCUT2D eigenvalue weighted by Crippen LogP contribution is -2.42. The first-order valence-corrected chi connectivity index (χ1v) is 8.75. The summed E-state index contributed by atoms with van der Waals surface area (Å²) in [7, 11) is -3.29. The summed E-state index contributed by atoms with van der Waals surface area (Å²) in [4.78, 5) is 0. The van der Waals surface area contributed by atoms with Crippen LogP contribution in [0.1, 0.15) is 46.0 Å². The van der Waals surface area contributed by atoms with Gasteiger partial charge in [0.25, 0.3) is 0 Å². The molecule has 0 bridgehead atoms. The maximum absolute atomic E-state index is 11.9. The first-order chi connectivity index (χ1) is 8.41. The second-order valence-electron chi connectivity index (χ2n) is 5.12. The van der Waals surface area contributed by atoms with Gasteiger partial charge in [-0.05, 0) is 26.7 Å². The van der Waals surface area contributed by atoms with Crippen LogP contribution in [0.4, 0.5) is 0 Å². The van der Waals surface area contributed by atoms with Gasteiger partial charge in [-0.25, -0.2) is 13.1 Å². The van der Waals surface area contributed by atoms with Crippen LogP contribution in [-0.2, 0) is 14.8 Å². The number of ether oxygens (including phenoxy) is 1. The predicted molar refractivity (Wildman–Crippen MR) is 74.5 cm³/mol. The average molecular weight is 298 g/mol. The molecule has 6 heteroatoms. The van der Waals surface area contributed by atoms with Crippen molar-refractivity contribution in [1.29, 1.82) is 0 Å². The summed E-state index contributed by atoms with van der Waals surface area (Å²) in [5.74, 6) is 0.00525. The Bertz CT molecular complexity index is 332. The van der Waals surface area contributed by atoms with Crippen molar-refractivity contribution in [3.8, 4) is 0 Å². The molecule has 0 amide bonds. The largest absolute Gasteiger partial charge is 0.378 e. The summed E-state index contributed by atoms with van der Waals surface area (Å²) in [5, 5.41) is -0.0895. The van der Waals surface area contributed by atoms with Crippen LogP contribution in [-0.4, -0.2) is 38.3 Å². The predicted octanol–water partition coefficient (Wildman–Crippen LogP) is 2.27. The molecule has 1 aliphatic rings. The highest BCUT2D eigenvalue weighted by molar-refractivity contribution is 7.89. The van der Waals surface area contributed by atoms with Crippen LogP contribution in [0.25, 0.3) is 0 Å². The molecule has 0 aliphatic heterocycles. The normalized spacial score (nSPS) is 26.2. The van der Waals surface area contributed by atoms with Gasteiger partial charge >= 0.3 is 0 Å². The molecule has 0 radical (unpaired) electrons. The molecule has 1 rings (SSSR count). The second kappa shape index (κ2) is 7.68. The van der Waals surface area contributed by atoms with Crippen molar-refractivity contribution in [1.82, 2.24) is 4.72 Å². The van der Waals surface area contributed by atoms with Crippen molar-refractivity contribution in [2.45, 2.75) is 63.5 Å². The fourth-order valence-corrected chi connectivity index (χ4v) is 3.67. The molecule has 0 heterocycles. The Kier molecular flexibility index (Phi) is 6.92. The van der Waals surface area contributed by atoms with E-state index in [1.54, 1.807) is 0 Å². The lowest BCUT2D eigenvalue weighted by molar-refractivity contribution is 0.0911. The standard InChI is InChI=1S/C12H24ClNO3S/c1-10(2)17-8-9-18(15,16)14-12-7-5-3-4-6-11(12)13/h10-12,14H,3-9H2,1-2H3. The second-order valence-corrected chi connectivity index (χ2v) is 7.55. The first-order valence-electron chi connectivity index (χ1n) is 6.66. The van der Waals surface area contributed by atoms with E-state index < -0.39 is 10.0 Å². The van der Waals surface area contributed by atoms with Crippen molar-refractivity contribution in [2.24, 2.45) is 0 Å². The third-order valence-corrected chi connectivity index (χ3v) is 4.95. The van der Waals surface area contributed by atoms with E-state index in [1.165, 1.54) is 0 Å². The molecule has 0 saturated heterocycles. The van der Waals surface area contributed by atoms with E-state index in [0.717, 1.165) is 32.1 Å². The highest BCUT2D eigenvalue weighted by atomic mass is 35.5. The van der Waals surface area contributed by atoms with Crippen LogP contribution in [0.3, 0.4) is 0 Å². The highest BCUT2D eigenvalue weighted by Crippen LogP contribution is 2.22. The molecule has 0 aromatic carbocycles.